The Hall–Kier alpha value is -1.65. The lowest BCUT2D eigenvalue weighted by Crippen LogP contribution is -2.27. The molecule has 0 unspecified atom stereocenters. The molecule has 0 amide bonds. The van der Waals surface area contributed by atoms with E-state index in [1.807, 2.05) is 26.8 Å². The zero-order valence-electron chi connectivity index (χ0n) is 17.2. The Morgan fingerprint density at radius 2 is 1.46 bits per heavy atom. The van der Waals surface area contributed by atoms with Crippen LogP contribution < -0.4 is 0 Å². The molecule has 28 heavy (non-hydrogen) atoms. The second-order valence-electron chi connectivity index (χ2n) is 9.28. The van der Waals surface area contributed by atoms with Gasteiger partial charge in [0.05, 0.1) is 5.56 Å². The second-order valence-corrected chi connectivity index (χ2v) is 9.28. The lowest BCUT2D eigenvalue weighted by Gasteiger charge is -2.31. The number of rotatable bonds is 5. The monoisotopic (exact) mass is 400 g/mol. The van der Waals surface area contributed by atoms with Gasteiger partial charge in [-0.1, -0.05) is 65.0 Å². The summed E-state index contributed by atoms with van der Waals surface area (Å²) in [5.74, 6) is -2.97. The number of alkyl halides is 5. The van der Waals surface area contributed by atoms with E-state index in [0.29, 0.717) is 18.4 Å². The Morgan fingerprint density at radius 3 is 2.04 bits per heavy atom. The summed E-state index contributed by atoms with van der Waals surface area (Å²) >= 11 is 0. The van der Waals surface area contributed by atoms with Crippen molar-refractivity contribution in [3.05, 3.63) is 58.7 Å². The van der Waals surface area contributed by atoms with Gasteiger partial charge in [0.2, 0.25) is 0 Å². The van der Waals surface area contributed by atoms with Crippen LogP contribution in [0.4, 0.5) is 22.0 Å². The number of halogens is 5. The lowest BCUT2D eigenvalue weighted by atomic mass is 9.77. The van der Waals surface area contributed by atoms with Crippen LogP contribution in [0.2, 0.25) is 0 Å². The predicted octanol–water partition coefficient (Wildman–Crippen LogP) is 8.09. The molecule has 0 fully saturated rings. The van der Waals surface area contributed by atoms with Gasteiger partial charge >= 0.3 is 6.18 Å². The first-order valence-electron chi connectivity index (χ1n) is 9.60. The molecule has 0 aliphatic heterocycles. The van der Waals surface area contributed by atoms with E-state index in [9.17, 15) is 22.0 Å². The Balaban J connectivity index is 2.17. The predicted molar refractivity (Wildman–Crippen MR) is 104 cm³/mol. The number of hydrogen-bond acceptors (Lipinski definition) is 0. The first-order valence-corrected chi connectivity index (χ1v) is 9.60. The molecule has 156 valence electrons. The molecule has 1 aromatic rings. The van der Waals surface area contributed by atoms with Crippen LogP contribution in [0.25, 0.3) is 0 Å². The van der Waals surface area contributed by atoms with Gasteiger partial charge in [-0.05, 0) is 52.9 Å². The van der Waals surface area contributed by atoms with Gasteiger partial charge in [0.25, 0.3) is 5.92 Å². The number of hydrogen-bond donors (Lipinski definition) is 0. The molecule has 0 aromatic heterocycles. The zero-order valence-corrected chi connectivity index (χ0v) is 17.2. The van der Waals surface area contributed by atoms with Gasteiger partial charge in [0.15, 0.2) is 0 Å². The first kappa shape index (κ1) is 22.6. The molecule has 1 aliphatic carbocycles. The smallest absolute Gasteiger partial charge is 0.202 e. The fourth-order valence-electron chi connectivity index (χ4n) is 3.40. The molecular weight excluding hydrogens is 371 g/mol. The Labute approximate surface area is 164 Å². The molecule has 5 heteroatoms. The van der Waals surface area contributed by atoms with E-state index >= 15 is 0 Å². The van der Waals surface area contributed by atoms with Gasteiger partial charge in [0.1, 0.15) is 0 Å². The van der Waals surface area contributed by atoms with Crippen LogP contribution in [0.15, 0.2) is 47.6 Å². The van der Waals surface area contributed by atoms with Crippen LogP contribution in [0, 0.1) is 5.41 Å². The van der Waals surface area contributed by atoms with Gasteiger partial charge in [-0.25, -0.2) is 8.78 Å². The van der Waals surface area contributed by atoms with Crippen molar-refractivity contribution in [2.45, 2.75) is 77.8 Å². The average molecular weight is 400 g/mol. The molecule has 0 saturated carbocycles. The lowest BCUT2D eigenvalue weighted by molar-refractivity contribution is -0.137. The summed E-state index contributed by atoms with van der Waals surface area (Å²) in [4.78, 5) is 0. The maximum atomic E-state index is 14.9. The molecule has 0 nitrogen and oxygen atoms in total. The third kappa shape index (κ3) is 5.45. The molecule has 0 heterocycles. The molecule has 0 spiro atoms. The highest BCUT2D eigenvalue weighted by Crippen LogP contribution is 2.42. The summed E-state index contributed by atoms with van der Waals surface area (Å²) in [5.41, 5.74) is -0.280. The Kier molecular flexibility index (Phi) is 6.18. The highest BCUT2D eigenvalue weighted by atomic mass is 19.4. The third-order valence-corrected chi connectivity index (χ3v) is 5.48. The second kappa shape index (κ2) is 7.64. The third-order valence-electron chi connectivity index (χ3n) is 5.48. The summed E-state index contributed by atoms with van der Waals surface area (Å²) in [6, 6.07) is 4.98. The van der Waals surface area contributed by atoms with Crippen molar-refractivity contribution >= 4 is 0 Å². The highest BCUT2D eigenvalue weighted by molar-refractivity contribution is 5.35. The van der Waals surface area contributed by atoms with E-state index in [1.54, 1.807) is 26.0 Å². The van der Waals surface area contributed by atoms with E-state index in [4.69, 9.17) is 0 Å². The minimum Gasteiger partial charge on any atom is -0.202 e. The fourth-order valence-corrected chi connectivity index (χ4v) is 3.40. The number of benzene rings is 1. The Bertz CT molecular complexity index is 758. The van der Waals surface area contributed by atoms with Crippen LogP contribution >= 0.6 is 0 Å². The van der Waals surface area contributed by atoms with E-state index < -0.39 is 23.1 Å². The quantitative estimate of drug-likeness (QED) is 0.438. The largest absolute Gasteiger partial charge is 0.416 e. The molecule has 0 bridgehead atoms. The van der Waals surface area contributed by atoms with Crippen LogP contribution in [0.3, 0.4) is 0 Å². The van der Waals surface area contributed by atoms with Gasteiger partial charge < -0.3 is 0 Å². The minimum atomic E-state index is -4.45. The highest BCUT2D eigenvalue weighted by Gasteiger charge is 2.38. The fraction of sp³-hybridized carbons (Fsp3) is 0.565. The summed E-state index contributed by atoms with van der Waals surface area (Å²) < 4.78 is 68.7. The summed E-state index contributed by atoms with van der Waals surface area (Å²) in [7, 11) is 0. The van der Waals surface area contributed by atoms with E-state index in [1.165, 1.54) is 6.07 Å². The van der Waals surface area contributed by atoms with Crippen LogP contribution in [0.5, 0.6) is 0 Å². The zero-order chi connectivity index (χ0) is 21.4. The maximum absolute atomic E-state index is 14.9. The maximum Gasteiger partial charge on any atom is 0.416 e. The van der Waals surface area contributed by atoms with E-state index in [0.717, 1.165) is 17.7 Å². The van der Waals surface area contributed by atoms with Crippen molar-refractivity contribution in [2.75, 3.05) is 0 Å². The van der Waals surface area contributed by atoms with Crippen molar-refractivity contribution in [3.8, 4) is 0 Å². The normalized spacial score (nSPS) is 16.6. The van der Waals surface area contributed by atoms with E-state index in [2.05, 4.69) is 0 Å². The Morgan fingerprint density at radius 1 is 0.857 bits per heavy atom. The topological polar surface area (TPSA) is 0 Å². The molecule has 0 saturated heterocycles. The molecule has 0 radical (unpaired) electrons. The summed E-state index contributed by atoms with van der Waals surface area (Å²) in [6.45, 7) is 9.41. The molecule has 2 rings (SSSR count). The van der Waals surface area contributed by atoms with Gasteiger partial charge in [-0.3, -0.25) is 0 Å². The number of allylic oxidation sites excluding steroid dienone is 4. The van der Waals surface area contributed by atoms with Crippen LogP contribution in [0.1, 0.15) is 71.4 Å². The molecule has 1 aliphatic rings. The first-order chi connectivity index (χ1) is 12.6. The summed E-state index contributed by atoms with van der Waals surface area (Å²) in [5, 5.41) is 0. The van der Waals surface area contributed by atoms with Gasteiger partial charge in [0, 0.05) is 6.42 Å². The van der Waals surface area contributed by atoms with Crippen LogP contribution in [-0.4, -0.2) is 5.92 Å². The van der Waals surface area contributed by atoms with Gasteiger partial charge in [-0.15, -0.1) is 0 Å². The van der Waals surface area contributed by atoms with Crippen molar-refractivity contribution in [2.24, 2.45) is 5.41 Å². The van der Waals surface area contributed by atoms with Crippen molar-refractivity contribution in [1.29, 1.82) is 0 Å². The van der Waals surface area contributed by atoms with E-state index in [-0.39, 0.29) is 23.8 Å². The van der Waals surface area contributed by atoms with Crippen molar-refractivity contribution < 1.29 is 22.0 Å². The minimum absolute atomic E-state index is 0.0905. The van der Waals surface area contributed by atoms with Gasteiger partial charge in [-0.2, -0.15) is 13.2 Å². The average Bonchev–Trinajstić information content (AvgIpc) is 2.59. The summed E-state index contributed by atoms with van der Waals surface area (Å²) in [6.07, 6.45) is -0.222. The molecule has 0 N–H and O–H groups in total. The molecular formula is C23H29F5. The SMILES string of the molecule is CC(C)(C)C1=CCCC(C(F)(F)CCC(C)(C)c2cccc(C(F)(F)F)c2)=C1. The van der Waals surface area contributed by atoms with Crippen molar-refractivity contribution in [3.63, 3.8) is 0 Å². The molecule has 1 aromatic carbocycles. The molecule has 0 atom stereocenters. The standard InChI is InChI=1S/C23H29F5/c1-20(2,3)16-8-6-10-18(14-16)22(24,25)13-12-21(4,5)17-9-7-11-19(15-17)23(26,27)28/h7-9,11,14-15H,6,10,12-13H2,1-5H3. The van der Waals surface area contributed by atoms with Crippen LogP contribution in [-0.2, 0) is 11.6 Å². The van der Waals surface area contributed by atoms with Crippen molar-refractivity contribution in [1.82, 2.24) is 0 Å².